The molecule has 1 aromatic heterocycles. The molecule has 2 aromatic carbocycles. The third-order valence-corrected chi connectivity index (χ3v) is 3.53. The van der Waals surface area contributed by atoms with Crippen LogP contribution in [-0.4, -0.2) is 20.7 Å². The lowest BCUT2D eigenvalue weighted by Gasteiger charge is -2.07. The third-order valence-electron chi connectivity index (χ3n) is 3.53. The van der Waals surface area contributed by atoms with Crippen LogP contribution in [0.5, 0.6) is 0 Å². The van der Waals surface area contributed by atoms with Crippen molar-refractivity contribution in [2.45, 2.75) is 6.54 Å². The van der Waals surface area contributed by atoms with Crippen molar-refractivity contribution in [1.82, 2.24) is 15.0 Å². The van der Waals surface area contributed by atoms with Crippen molar-refractivity contribution in [3.05, 3.63) is 80.5 Å². The van der Waals surface area contributed by atoms with Crippen molar-refractivity contribution in [3.8, 4) is 0 Å². The quantitative estimate of drug-likeness (QED) is 0.493. The summed E-state index contributed by atoms with van der Waals surface area (Å²) in [6.07, 6.45) is 0. The van der Waals surface area contributed by atoms with Crippen LogP contribution < -0.4 is 16.7 Å². The summed E-state index contributed by atoms with van der Waals surface area (Å²) in [6, 6.07) is 13.3. The highest BCUT2D eigenvalue weighted by Gasteiger charge is 2.11. The van der Waals surface area contributed by atoms with Gasteiger partial charge in [-0.1, -0.05) is 30.3 Å². The summed E-state index contributed by atoms with van der Waals surface area (Å²) in [5, 5.41) is 8.88. The minimum Gasteiger partial charge on any atom is -0.307 e. The highest BCUT2D eigenvalue weighted by Crippen LogP contribution is 2.09. The fraction of sp³-hybridized carbons (Fsp3) is 0.0625. The van der Waals surface area contributed by atoms with Gasteiger partial charge in [-0.25, -0.2) is 10.3 Å². The lowest BCUT2D eigenvalue weighted by atomic mass is 10.1. The lowest BCUT2D eigenvalue weighted by molar-refractivity contribution is 0.0706. The van der Waals surface area contributed by atoms with E-state index in [1.54, 1.807) is 0 Å². The summed E-state index contributed by atoms with van der Waals surface area (Å²) in [6.45, 7) is 0.126. The number of nitrogens with zero attached hydrogens (tertiary/aromatic N) is 1. The van der Waals surface area contributed by atoms with Crippen molar-refractivity contribution in [1.29, 1.82) is 0 Å². The second kappa shape index (κ2) is 5.90. The van der Waals surface area contributed by atoms with E-state index in [9.17, 15) is 14.4 Å². The SMILES string of the molecule is O=C(NO)c1ccc2[nH]c(=O)n(Cc3ccccc3)c(=O)c2c1. The van der Waals surface area contributed by atoms with E-state index in [-0.39, 0.29) is 17.5 Å². The number of hydrogen-bond acceptors (Lipinski definition) is 4. The summed E-state index contributed by atoms with van der Waals surface area (Å²) in [4.78, 5) is 38.8. The van der Waals surface area contributed by atoms with Gasteiger partial charge in [-0.3, -0.25) is 19.4 Å². The number of fused-ring (bicyclic) bond motifs is 1. The Hall–Kier alpha value is -3.19. The fourth-order valence-corrected chi connectivity index (χ4v) is 2.37. The second-order valence-electron chi connectivity index (χ2n) is 5.01. The van der Waals surface area contributed by atoms with Gasteiger partial charge in [0.25, 0.3) is 11.5 Å². The highest BCUT2D eigenvalue weighted by molar-refractivity contribution is 5.97. The molecule has 23 heavy (non-hydrogen) atoms. The van der Waals surface area contributed by atoms with E-state index in [1.807, 2.05) is 30.3 Å². The molecule has 1 amide bonds. The molecule has 1 heterocycles. The Morgan fingerprint density at radius 1 is 1.13 bits per heavy atom. The largest absolute Gasteiger partial charge is 0.329 e. The number of carbonyl (C=O) groups excluding carboxylic acids is 1. The summed E-state index contributed by atoms with van der Waals surface area (Å²) in [5.41, 5.74) is 1.75. The van der Waals surface area contributed by atoms with E-state index in [2.05, 4.69) is 4.98 Å². The van der Waals surface area contributed by atoms with E-state index in [0.29, 0.717) is 5.52 Å². The molecule has 7 heteroatoms. The van der Waals surface area contributed by atoms with Crippen molar-refractivity contribution in [2.24, 2.45) is 0 Å². The van der Waals surface area contributed by atoms with Crippen LogP contribution in [0.2, 0.25) is 0 Å². The van der Waals surface area contributed by atoms with Crippen molar-refractivity contribution in [3.63, 3.8) is 0 Å². The Morgan fingerprint density at radius 3 is 2.57 bits per heavy atom. The number of rotatable bonds is 3. The third kappa shape index (κ3) is 2.77. The van der Waals surface area contributed by atoms with Gasteiger partial charge in [-0.15, -0.1) is 0 Å². The number of aromatic amines is 1. The van der Waals surface area contributed by atoms with Gasteiger partial charge in [0.05, 0.1) is 17.4 Å². The first-order chi connectivity index (χ1) is 11.1. The monoisotopic (exact) mass is 311 g/mol. The second-order valence-corrected chi connectivity index (χ2v) is 5.01. The molecule has 0 saturated carbocycles. The number of aromatic nitrogens is 2. The van der Waals surface area contributed by atoms with Crippen LogP contribution in [0.4, 0.5) is 0 Å². The van der Waals surface area contributed by atoms with E-state index in [0.717, 1.165) is 10.1 Å². The number of carbonyl (C=O) groups is 1. The molecule has 3 aromatic rings. The zero-order valence-electron chi connectivity index (χ0n) is 11.9. The highest BCUT2D eigenvalue weighted by atomic mass is 16.5. The zero-order valence-corrected chi connectivity index (χ0v) is 11.9. The summed E-state index contributed by atoms with van der Waals surface area (Å²) >= 11 is 0. The molecule has 116 valence electrons. The fourth-order valence-electron chi connectivity index (χ4n) is 2.37. The Kier molecular flexibility index (Phi) is 3.78. The van der Waals surface area contributed by atoms with Gasteiger partial charge in [0.15, 0.2) is 0 Å². The predicted octanol–water partition coefficient (Wildman–Crippen LogP) is 0.857. The molecule has 0 fully saturated rings. The van der Waals surface area contributed by atoms with Gasteiger partial charge >= 0.3 is 5.69 Å². The predicted molar refractivity (Wildman–Crippen MR) is 83.6 cm³/mol. The van der Waals surface area contributed by atoms with Crippen molar-refractivity contribution >= 4 is 16.8 Å². The first kappa shape index (κ1) is 14.7. The Balaban J connectivity index is 2.17. The molecule has 0 spiro atoms. The van der Waals surface area contributed by atoms with Gasteiger partial charge in [0, 0.05) is 5.56 Å². The normalized spacial score (nSPS) is 10.7. The summed E-state index contributed by atoms with van der Waals surface area (Å²) < 4.78 is 1.07. The standard InChI is InChI=1S/C16H13N3O4/c20-14(18-23)11-6-7-13-12(8-11)15(21)19(16(22)17-13)9-10-4-2-1-3-5-10/h1-8,23H,9H2,(H,17,22)(H,18,20). The molecule has 3 rings (SSSR count). The molecule has 0 aliphatic heterocycles. The van der Waals surface area contributed by atoms with Crippen LogP contribution in [0, 0.1) is 0 Å². The van der Waals surface area contributed by atoms with E-state index in [4.69, 9.17) is 5.21 Å². The van der Waals surface area contributed by atoms with Gasteiger partial charge in [0.1, 0.15) is 0 Å². The number of nitrogens with one attached hydrogen (secondary N) is 2. The molecule has 0 aliphatic carbocycles. The van der Waals surface area contributed by atoms with E-state index < -0.39 is 17.2 Å². The van der Waals surface area contributed by atoms with Crippen LogP contribution in [0.1, 0.15) is 15.9 Å². The Labute approximate surface area is 129 Å². The van der Waals surface area contributed by atoms with Crippen LogP contribution in [0.15, 0.2) is 58.1 Å². The van der Waals surface area contributed by atoms with Gasteiger partial charge in [-0.2, -0.15) is 0 Å². The zero-order chi connectivity index (χ0) is 16.4. The molecule has 0 bridgehead atoms. The molecule has 0 radical (unpaired) electrons. The molecule has 3 N–H and O–H groups in total. The van der Waals surface area contributed by atoms with Crippen molar-refractivity contribution < 1.29 is 10.0 Å². The molecule has 7 nitrogen and oxygen atoms in total. The number of hydroxylamine groups is 1. The Morgan fingerprint density at radius 2 is 1.87 bits per heavy atom. The van der Waals surface area contributed by atoms with E-state index in [1.165, 1.54) is 23.7 Å². The number of hydrogen-bond donors (Lipinski definition) is 3. The maximum absolute atomic E-state index is 12.6. The van der Waals surface area contributed by atoms with Gasteiger partial charge < -0.3 is 4.98 Å². The van der Waals surface area contributed by atoms with Gasteiger partial charge in [-0.05, 0) is 23.8 Å². The maximum atomic E-state index is 12.6. The molecular weight excluding hydrogens is 298 g/mol. The smallest absolute Gasteiger partial charge is 0.307 e. The summed E-state index contributed by atoms with van der Waals surface area (Å²) in [5.74, 6) is -0.730. The van der Waals surface area contributed by atoms with Crippen LogP contribution in [-0.2, 0) is 6.54 Å². The first-order valence-electron chi connectivity index (χ1n) is 6.85. The molecule has 0 atom stereocenters. The Bertz CT molecular complexity index is 990. The van der Waals surface area contributed by atoms with E-state index >= 15 is 0 Å². The topological polar surface area (TPSA) is 104 Å². The minimum atomic E-state index is -0.730. The average molecular weight is 311 g/mol. The maximum Gasteiger partial charge on any atom is 0.329 e. The molecule has 0 aliphatic rings. The molecular formula is C16H13N3O4. The van der Waals surface area contributed by atoms with Crippen LogP contribution in [0.25, 0.3) is 10.9 Å². The van der Waals surface area contributed by atoms with Crippen LogP contribution >= 0.6 is 0 Å². The number of H-pyrrole nitrogens is 1. The molecule has 0 unspecified atom stereocenters. The summed E-state index contributed by atoms with van der Waals surface area (Å²) in [7, 11) is 0. The van der Waals surface area contributed by atoms with Gasteiger partial charge in [0.2, 0.25) is 0 Å². The number of benzene rings is 2. The average Bonchev–Trinajstić information content (AvgIpc) is 2.58. The lowest BCUT2D eigenvalue weighted by Crippen LogP contribution is -2.35. The minimum absolute atomic E-state index is 0.121. The first-order valence-corrected chi connectivity index (χ1v) is 6.85. The van der Waals surface area contributed by atoms with Crippen molar-refractivity contribution in [2.75, 3.05) is 0 Å². The molecule has 0 saturated heterocycles. The number of amides is 1. The van der Waals surface area contributed by atoms with Crippen LogP contribution in [0.3, 0.4) is 0 Å².